The van der Waals surface area contributed by atoms with Crippen LogP contribution in [0, 0.1) is 0 Å². The Morgan fingerprint density at radius 2 is 1.59 bits per heavy atom. The summed E-state index contributed by atoms with van der Waals surface area (Å²) < 4.78 is 65.2. The fourth-order valence-electron chi connectivity index (χ4n) is 2.27. The van der Waals surface area contributed by atoms with E-state index < -0.39 is 17.7 Å². The summed E-state index contributed by atoms with van der Waals surface area (Å²) in [6, 6.07) is 13.7. The third kappa shape index (κ3) is 4.13. The van der Waals surface area contributed by atoms with Gasteiger partial charge in [0.1, 0.15) is 0 Å². The van der Waals surface area contributed by atoms with E-state index in [1.807, 2.05) is 30.3 Å². The number of hydrogen-bond donors (Lipinski definition) is 1. The number of aromatic nitrogens is 1. The first-order valence-corrected chi connectivity index (χ1v) is 8.51. The topological polar surface area (TPSA) is 37.3 Å². The summed E-state index contributed by atoms with van der Waals surface area (Å²) in [7, 11) is 0. The maximum absolute atomic E-state index is 13.6. The molecular formula is C18H12F5N3S. The summed E-state index contributed by atoms with van der Waals surface area (Å²) >= 11 is 1.23. The molecule has 9 heteroatoms. The quantitative estimate of drug-likeness (QED) is 0.330. The van der Waals surface area contributed by atoms with Crippen molar-refractivity contribution in [3.05, 3.63) is 71.1 Å². The zero-order valence-corrected chi connectivity index (χ0v) is 14.4. The third-order valence-corrected chi connectivity index (χ3v) is 4.34. The smallest absolute Gasteiger partial charge is 0.253 e. The zero-order valence-electron chi connectivity index (χ0n) is 13.5. The first-order valence-electron chi connectivity index (χ1n) is 7.63. The van der Waals surface area contributed by atoms with Gasteiger partial charge in [0.05, 0.1) is 11.9 Å². The maximum Gasteiger partial charge on any atom is 0.458 e. The largest absolute Gasteiger partial charge is 0.458 e. The average Bonchev–Trinajstić information content (AvgIpc) is 3.11. The van der Waals surface area contributed by atoms with Gasteiger partial charge in [-0.15, -0.1) is 11.3 Å². The van der Waals surface area contributed by atoms with Crippen LogP contribution in [0.5, 0.6) is 0 Å². The standard InChI is InChI=1S/C18H12F5N3S/c19-17(20,18(21,22)23)14-9-5-4-8-13(14)10-24-26-16-25-15(11-27-16)12-6-2-1-3-7-12/h1-11H,(H,25,26). The van der Waals surface area contributed by atoms with Crippen molar-refractivity contribution in [3.63, 3.8) is 0 Å². The second-order valence-corrected chi connectivity index (χ2v) is 6.29. The lowest BCUT2D eigenvalue weighted by Crippen LogP contribution is -2.34. The van der Waals surface area contributed by atoms with Gasteiger partial charge in [0, 0.05) is 22.1 Å². The molecule has 1 aromatic heterocycles. The monoisotopic (exact) mass is 397 g/mol. The van der Waals surface area contributed by atoms with Crippen LogP contribution in [-0.2, 0) is 5.92 Å². The number of nitrogens with one attached hydrogen (secondary N) is 1. The SMILES string of the molecule is FC(F)(F)C(F)(F)c1ccccc1C=NNc1nc(-c2ccccc2)cs1. The van der Waals surface area contributed by atoms with Crippen LogP contribution in [0.25, 0.3) is 11.3 Å². The highest BCUT2D eigenvalue weighted by atomic mass is 32.1. The molecule has 0 amide bonds. The lowest BCUT2D eigenvalue weighted by molar-refractivity contribution is -0.289. The van der Waals surface area contributed by atoms with Gasteiger partial charge in [-0.2, -0.15) is 27.1 Å². The molecule has 3 rings (SSSR count). The Morgan fingerprint density at radius 3 is 2.30 bits per heavy atom. The number of benzene rings is 2. The molecule has 27 heavy (non-hydrogen) atoms. The summed E-state index contributed by atoms with van der Waals surface area (Å²) in [5.74, 6) is -4.97. The van der Waals surface area contributed by atoms with Gasteiger partial charge >= 0.3 is 12.1 Å². The van der Waals surface area contributed by atoms with Crippen LogP contribution in [0.4, 0.5) is 27.1 Å². The van der Waals surface area contributed by atoms with Crippen molar-refractivity contribution in [2.24, 2.45) is 5.10 Å². The van der Waals surface area contributed by atoms with Crippen molar-refractivity contribution >= 4 is 22.7 Å². The first-order chi connectivity index (χ1) is 12.8. The average molecular weight is 397 g/mol. The van der Waals surface area contributed by atoms with Crippen LogP contribution < -0.4 is 5.43 Å². The molecule has 1 heterocycles. The molecule has 2 aromatic carbocycles. The lowest BCUT2D eigenvalue weighted by atomic mass is 10.0. The minimum atomic E-state index is -5.69. The summed E-state index contributed by atoms with van der Waals surface area (Å²) in [5.41, 5.74) is 2.64. The van der Waals surface area contributed by atoms with E-state index in [4.69, 9.17) is 0 Å². The molecule has 3 nitrogen and oxygen atoms in total. The lowest BCUT2D eigenvalue weighted by Gasteiger charge is -2.21. The normalized spacial score (nSPS) is 12.5. The number of nitrogens with zero attached hydrogens (tertiary/aromatic N) is 2. The Bertz CT molecular complexity index is 935. The van der Waals surface area contributed by atoms with Crippen molar-refractivity contribution in [1.82, 2.24) is 4.98 Å². The molecule has 0 fully saturated rings. The van der Waals surface area contributed by atoms with Gasteiger partial charge in [-0.1, -0.05) is 54.6 Å². The van der Waals surface area contributed by atoms with E-state index in [-0.39, 0.29) is 5.56 Å². The number of hydrogen-bond acceptors (Lipinski definition) is 4. The first kappa shape index (κ1) is 19.0. The fourth-order valence-corrected chi connectivity index (χ4v) is 2.94. The van der Waals surface area contributed by atoms with Crippen LogP contribution in [0.2, 0.25) is 0 Å². The zero-order chi connectivity index (χ0) is 19.5. The molecule has 1 N–H and O–H groups in total. The second kappa shape index (κ2) is 7.43. The Labute approximate surface area is 155 Å². The molecule has 140 valence electrons. The number of thiazole rings is 1. The van der Waals surface area contributed by atoms with Crippen LogP contribution in [0.1, 0.15) is 11.1 Å². The van der Waals surface area contributed by atoms with Gasteiger partial charge < -0.3 is 0 Å². The molecule has 0 radical (unpaired) electrons. The number of rotatable bonds is 5. The van der Waals surface area contributed by atoms with Gasteiger partial charge in [0.2, 0.25) is 5.13 Å². The van der Waals surface area contributed by atoms with Crippen LogP contribution in [0.3, 0.4) is 0 Å². The van der Waals surface area contributed by atoms with E-state index >= 15 is 0 Å². The Kier molecular flexibility index (Phi) is 5.22. The van der Waals surface area contributed by atoms with Crippen molar-refractivity contribution < 1.29 is 22.0 Å². The Morgan fingerprint density at radius 1 is 0.926 bits per heavy atom. The molecule has 0 saturated heterocycles. The highest BCUT2D eigenvalue weighted by Crippen LogP contribution is 2.44. The number of alkyl halides is 5. The number of anilines is 1. The highest BCUT2D eigenvalue weighted by molar-refractivity contribution is 7.14. The van der Waals surface area contributed by atoms with Gasteiger partial charge in [0.25, 0.3) is 0 Å². The summed E-state index contributed by atoms with van der Waals surface area (Å²) in [5, 5.41) is 5.90. The van der Waals surface area contributed by atoms with Crippen molar-refractivity contribution in [2.45, 2.75) is 12.1 Å². The van der Waals surface area contributed by atoms with Gasteiger partial charge in [0.15, 0.2) is 0 Å². The minimum absolute atomic E-state index is 0.341. The van der Waals surface area contributed by atoms with Gasteiger partial charge in [-0.05, 0) is 0 Å². The predicted octanol–water partition coefficient (Wildman–Crippen LogP) is 5.91. The maximum atomic E-state index is 13.6. The van der Waals surface area contributed by atoms with Crippen molar-refractivity contribution in [3.8, 4) is 11.3 Å². The van der Waals surface area contributed by atoms with Crippen LogP contribution in [0.15, 0.2) is 65.1 Å². The van der Waals surface area contributed by atoms with E-state index in [2.05, 4.69) is 15.5 Å². The molecule has 0 aliphatic carbocycles. The molecule has 0 aliphatic heterocycles. The summed E-state index contributed by atoms with van der Waals surface area (Å²) in [4.78, 5) is 4.29. The number of halogens is 5. The molecule has 0 spiro atoms. The fraction of sp³-hybridized carbons (Fsp3) is 0.111. The highest BCUT2D eigenvalue weighted by Gasteiger charge is 2.59. The van der Waals surface area contributed by atoms with E-state index in [1.165, 1.54) is 17.4 Å². The molecule has 3 aromatic rings. The Balaban J connectivity index is 1.78. The molecule has 0 saturated carbocycles. The molecular weight excluding hydrogens is 385 g/mol. The second-order valence-electron chi connectivity index (χ2n) is 5.43. The van der Waals surface area contributed by atoms with Gasteiger partial charge in [-0.25, -0.2) is 4.98 Å². The number of hydrazone groups is 1. The molecule has 0 bridgehead atoms. The molecule has 0 atom stereocenters. The third-order valence-electron chi connectivity index (χ3n) is 3.59. The van der Waals surface area contributed by atoms with Crippen molar-refractivity contribution in [2.75, 3.05) is 5.43 Å². The van der Waals surface area contributed by atoms with Crippen molar-refractivity contribution in [1.29, 1.82) is 0 Å². The molecule has 0 unspecified atom stereocenters. The van der Waals surface area contributed by atoms with Crippen LogP contribution >= 0.6 is 11.3 Å². The van der Waals surface area contributed by atoms with E-state index in [1.54, 1.807) is 5.38 Å². The van der Waals surface area contributed by atoms with Crippen LogP contribution in [-0.4, -0.2) is 17.4 Å². The molecule has 0 aliphatic rings. The minimum Gasteiger partial charge on any atom is -0.253 e. The van der Waals surface area contributed by atoms with E-state index in [0.717, 1.165) is 30.0 Å². The summed E-state index contributed by atoms with van der Waals surface area (Å²) in [6.07, 6.45) is -4.77. The summed E-state index contributed by atoms with van der Waals surface area (Å²) in [6.45, 7) is 0. The van der Waals surface area contributed by atoms with Gasteiger partial charge in [-0.3, -0.25) is 5.43 Å². The predicted molar refractivity (Wildman–Crippen MR) is 95.2 cm³/mol. The van der Waals surface area contributed by atoms with E-state index in [9.17, 15) is 22.0 Å². The van der Waals surface area contributed by atoms with E-state index in [0.29, 0.717) is 10.8 Å². The Hall–Kier alpha value is -2.81.